The number of pyridine rings is 10. The predicted octanol–water partition coefficient (Wildman–Crippen LogP) is 25.0. The van der Waals surface area contributed by atoms with Gasteiger partial charge in [0.2, 0.25) is 28.5 Å². The molecule has 0 fully saturated rings. The van der Waals surface area contributed by atoms with Gasteiger partial charge in [0.1, 0.15) is 79.8 Å². The lowest BCUT2D eigenvalue weighted by Gasteiger charge is -2.04. The number of aryl methyl sites for hydroxylation is 11. The van der Waals surface area contributed by atoms with E-state index in [9.17, 15) is 0 Å². The molecule has 0 aliphatic carbocycles. The molecule has 606 valence electrons. The van der Waals surface area contributed by atoms with E-state index in [-0.39, 0.29) is 0 Å². The molecule has 10 aromatic carbocycles. The van der Waals surface area contributed by atoms with E-state index >= 15 is 0 Å². The third-order valence-electron chi connectivity index (χ3n) is 24.8. The normalized spacial score (nSPS) is 11.6. The zero-order valence-corrected chi connectivity index (χ0v) is 71.7. The van der Waals surface area contributed by atoms with Crippen molar-refractivity contribution in [3.63, 3.8) is 0 Å². The van der Waals surface area contributed by atoms with Crippen LogP contribution in [0.25, 0.3) is 220 Å². The summed E-state index contributed by atoms with van der Waals surface area (Å²) in [4.78, 5) is 22.8. The number of aromatic nitrogens is 10. The molecule has 0 unspecified atom stereocenters. The van der Waals surface area contributed by atoms with Gasteiger partial charge in [0, 0.05) is 184 Å². The van der Waals surface area contributed by atoms with Crippen LogP contribution in [0.3, 0.4) is 0 Å². The number of rotatable bonds is 5. The Balaban J connectivity index is 0.0000000961. The minimum absolute atomic E-state index is 0.860. The molecule has 126 heavy (non-hydrogen) atoms. The molecule has 15 heteroatoms. The fourth-order valence-electron chi connectivity index (χ4n) is 18.4. The average molecular weight is 1640 g/mol. The minimum Gasteiger partial charge on any atom is -0.454 e. The van der Waals surface area contributed by atoms with Gasteiger partial charge in [0.25, 0.3) is 0 Å². The Kier molecular flexibility index (Phi) is 19.3. The Morgan fingerprint density at radius 1 is 0.214 bits per heavy atom. The van der Waals surface area contributed by atoms with E-state index in [4.69, 9.17) is 27.1 Å². The number of furan rings is 5. The van der Waals surface area contributed by atoms with Crippen molar-refractivity contribution < 1.29 is 44.9 Å². The standard InChI is InChI=1S/C23H19N2O.4C22H17N2O/c1-14-11-12-18-21-23(17-9-5-4-8-16(17)15(2)24-21)26-22(18)20(14)19-10-6-7-13-25(19)3;1-14-8-9-16-15-10-11-18-17(6-5-12-23-18)21(15)25-22(16)20(14)19-7-3-4-13-24(19)2;1-14-10-11-15-17-13-23-18-8-4-3-7-16(18)21(17)25-22(15)20(14)19-9-5-6-12-24(19)2;1-14-10-11-17-20-22(16-8-4-3-7-15(16)13-23-20)25-21(17)19(14)18-9-5-6-12-24(18)2;1-14-6-8-18-17-9-7-15-13-23-11-10-16(15)21(17)25-22(18)20(14)19-5-3-4-12-24(19)2/h4-13H,1-3H3;4*3-13H,1-2H3/q5*+1. The first kappa shape index (κ1) is 77.3. The Hall–Kier alpha value is -16.0. The molecule has 25 aromatic rings. The van der Waals surface area contributed by atoms with Gasteiger partial charge < -0.3 is 22.1 Å². The molecule has 15 heterocycles. The van der Waals surface area contributed by atoms with Gasteiger partial charge in [-0.3, -0.25) is 19.9 Å². The zero-order chi connectivity index (χ0) is 85.7. The van der Waals surface area contributed by atoms with Crippen molar-refractivity contribution in [3.8, 4) is 56.3 Å². The second-order valence-corrected chi connectivity index (χ2v) is 32.7. The van der Waals surface area contributed by atoms with Crippen LogP contribution < -0.4 is 22.8 Å². The molecule has 0 saturated heterocycles. The molecule has 15 nitrogen and oxygen atoms in total. The van der Waals surface area contributed by atoms with Crippen LogP contribution in [-0.4, -0.2) is 24.9 Å². The van der Waals surface area contributed by atoms with Crippen LogP contribution in [0.1, 0.15) is 33.5 Å². The summed E-state index contributed by atoms with van der Waals surface area (Å²) in [5, 5.41) is 17.6. The highest BCUT2D eigenvalue weighted by Gasteiger charge is 2.28. The summed E-state index contributed by atoms with van der Waals surface area (Å²) in [6, 6.07) is 91.8. The molecule has 0 amide bonds. The molecule has 0 saturated carbocycles. The number of hydrogen-bond acceptors (Lipinski definition) is 10. The van der Waals surface area contributed by atoms with Crippen molar-refractivity contribution in [2.75, 3.05) is 0 Å². The summed E-state index contributed by atoms with van der Waals surface area (Å²) in [6.45, 7) is 12.7. The van der Waals surface area contributed by atoms with Crippen LogP contribution in [0.2, 0.25) is 0 Å². The van der Waals surface area contributed by atoms with E-state index in [1.165, 1.54) is 27.8 Å². The second kappa shape index (κ2) is 31.5. The molecule has 0 spiro atoms. The Morgan fingerprint density at radius 2 is 0.548 bits per heavy atom. The molecular formula is C111H87N10O5+5. The number of fused-ring (bicyclic) bond motifs is 25. The zero-order valence-electron chi connectivity index (χ0n) is 71.7. The molecule has 0 bridgehead atoms. The predicted molar refractivity (Wildman–Crippen MR) is 507 cm³/mol. The maximum absolute atomic E-state index is 6.47. The molecular weight excluding hydrogens is 1550 g/mol. The number of hydrogen-bond donors (Lipinski definition) is 0. The Bertz CT molecular complexity index is 7930. The second-order valence-electron chi connectivity index (χ2n) is 32.7. The van der Waals surface area contributed by atoms with E-state index in [1.54, 1.807) is 0 Å². The summed E-state index contributed by atoms with van der Waals surface area (Å²) in [5.41, 5.74) is 31.3. The van der Waals surface area contributed by atoms with Crippen LogP contribution in [0.4, 0.5) is 0 Å². The number of para-hydroxylation sites is 1. The van der Waals surface area contributed by atoms with Gasteiger partial charge >= 0.3 is 0 Å². The smallest absolute Gasteiger partial charge is 0.216 e. The van der Waals surface area contributed by atoms with Gasteiger partial charge in [0.05, 0.1) is 38.9 Å². The first-order chi connectivity index (χ1) is 61.6. The average Bonchev–Trinajstić information content (AvgIpc) is 1.60. The topological polar surface area (TPSA) is 150 Å². The van der Waals surface area contributed by atoms with Crippen molar-refractivity contribution in [3.05, 3.63) is 362 Å². The van der Waals surface area contributed by atoms with Crippen LogP contribution in [0.15, 0.2) is 351 Å². The maximum atomic E-state index is 6.47. The third kappa shape index (κ3) is 13.1. The maximum Gasteiger partial charge on any atom is 0.216 e. The summed E-state index contributed by atoms with van der Waals surface area (Å²) < 4.78 is 42.8. The highest BCUT2D eigenvalue weighted by Crippen LogP contribution is 2.46. The first-order valence-corrected chi connectivity index (χ1v) is 42.3. The van der Waals surface area contributed by atoms with Crippen LogP contribution in [0, 0.1) is 41.5 Å². The van der Waals surface area contributed by atoms with Crippen LogP contribution >= 0.6 is 0 Å². The lowest BCUT2D eigenvalue weighted by atomic mass is 10.00. The Labute approximate surface area is 724 Å². The molecule has 0 radical (unpaired) electrons. The highest BCUT2D eigenvalue weighted by atomic mass is 16.3. The van der Waals surface area contributed by atoms with Crippen LogP contribution in [-0.2, 0) is 35.2 Å². The monoisotopic (exact) mass is 1640 g/mol. The van der Waals surface area contributed by atoms with Crippen molar-refractivity contribution in [2.45, 2.75) is 41.5 Å². The lowest BCUT2D eigenvalue weighted by Crippen LogP contribution is -2.30. The minimum atomic E-state index is 0.860. The van der Waals surface area contributed by atoms with E-state index in [0.29, 0.717) is 0 Å². The van der Waals surface area contributed by atoms with E-state index in [1.807, 2.05) is 110 Å². The van der Waals surface area contributed by atoms with Crippen molar-refractivity contribution in [1.82, 2.24) is 24.9 Å². The van der Waals surface area contributed by atoms with Gasteiger partial charge in [-0.25, -0.2) is 27.8 Å². The largest absolute Gasteiger partial charge is 0.454 e. The first-order valence-electron chi connectivity index (χ1n) is 42.3. The lowest BCUT2D eigenvalue weighted by molar-refractivity contribution is -0.660. The van der Waals surface area contributed by atoms with Crippen molar-refractivity contribution in [1.29, 1.82) is 0 Å². The van der Waals surface area contributed by atoms with E-state index < -0.39 is 0 Å². The summed E-state index contributed by atoms with van der Waals surface area (Å²) in [6.07, 6.45) is 19.7. The molecule has 0 atom stereocenters. The fourth-order valence-corrected chi connectivity index (χ4v) is 18.4. The van der Waals surface area contributed by atoms with E-state index in [2.05, 4.69) is 339 Å². The molecule has 0 aliphatic rings. The van der Waals surface area contributed by atoms with Gasteiger partial charge in [-0.15, -0.1) is 0 Å². The fraction of sp³-hybridized carbons (Fsp3) is 0.0991. The SMILES string of the molecule is Cc1ccc2c(oc3c4ccccc4c(C)nc23)c1-c1cccc[n+]1C.Cc1ccc2c(oc3c4ccccc4cnc23)c1-c1cccc[n+]1C.Cc1ccc2c(oc3c4ccccc4ncc23)c1-c1cccc[n+]1C.Cc1ccc2c(oc3c4cccnc4ccc23)c1-c1cccc[n+]1C.Cc1ccc2c(oc3c4ccncc4ccc23)c1-c1cccc[n+]1C. The van der Waals surface area contributed by atoms with Gasteiger partial charge in [-0.1, -0.05) is 115 Å². The summed E-state index contributed by atoms with van der Waals surface area (Å²) in [5.74, 6) is 0. The molecule has 0 aliphatic heterocycles. The van der Waals surface area contributed by atoms with Gasteiger partial charge in [0.15, 0.2) is 53.3 Å². The molecule has 25 rings (SSSR count). The van der Waals surface area contributed by atoms with Gasteiger partial charge in [-0.05, 0) is 160 Å². The quantitative estimate of drug-likeness (QED) is 0.152. The molecule has 0 N–H and O–H groups in total. The third-order valence-corrected chi connectivity index (χ3v) is 24.8. The van der Waals surface area contributed by atoms with E-state index in [0.717, 1.165) is 226 Å². The Morgan fingerprint density at radius 3 is 1.05 bits per heavy atom. The number of nitrogens with zero attached hydrogens (tertiary/aromatic N) is 10. The summed E-state index contributed by atoms with van der Waals surface area (Å²) >= 11 is 0. The van der Waals surface area contributed by atoms with Gasteiger partial charge in [-0.2, -0.15) is 0 Å². The van der Waals surface area contributed by atoms with Crippen molar-refractivity contribution >= 4 is 164 Å². The number of benzene rings is 10. The molecule has 15 aromatic heterocycles. The van der Waals surface area contributed by atoms with Crippen LogP contribution in [0.5, 0.6) is 0 Å². The summed E-state index contributed by atoms with van der Waals surface area (Å²) in [7, 11) is 10.3. The highest BCUT2D eigenvalue weighted by molar-refractivity contribution is 6.21. The van der Waals surface area contributed by atoms with Crippen molar-refractivity contribution in [2.24, 2.45) is 35.2 Å².